The quantitative estimate of drug-likeness (QED) is 0.821. The zero-order valence-electron chi connectivity index (χ0n) is 10.9. The number of nitrogens with two attached hydrogens (primary N) is 1. The van der Waals surface area contributed by atoms with E-state index >= 15 is 0 Å². The van der Waals surface area contributed by atoms with Gasteiger partial charge in [0, 0.05) is 18.0 Å². The van der Waals surface area contributed by atoms with Crippen LogP contribution >= 0.6 is 15.9 Å². The molecule has 0 aliphatic heterocycles. The summed E-state index contributed by atoms with van der Waals surface area (Å²) in [7, 11) is 1.64. The van der Waals surface area contributed by atoms with Gasteiger partial charge in [0.25, 0.3) is 0 Å². The maximum atomic E-state index is 11.8. The number of amides is 1. The lowest BCUT2D eigenvalue weighted by Crippen LogP contribution is -2.16. The number of nitrogens with one attached hydrogen (secondary N) is 1. The first kappa shape index (κ1) is 15.0. The highest BCUT2D eigenvalue weighted by molar-refractivity contribution is 9.10. The van der Waals surface area contributed by atoms with Crippen LogP contribution in [0, 0.1) is 6.92 Å². The van der Waals surface area contributed by atoms with E-state index in [2.05, 4.69) is 21.2 Å². The molecule has 0 spiro atoms. The molecule has 0 fully saturated rings. The number of methoxy groups -OCH3 is 1. The topological polar surface area (TPSA) is 64.3 Å². The number of hydrogen-bond donors (Lipinski definition) is 2. The third-order valence-electron chi connectivity index (χ3n) is 2.78. The number of anilines is 2. The van der Waals surface area contributed by atoms with Gasteiger partial charge in [0.1, 0.15) is 0 Å². The van der Waals surface area contributed by atoms with Crippen molar-refractivity contribution < 1.29 is 9.53 Å². The van der Waals surface area contributed by atoms with E-state index in [4.69, 9.17) is 10.5 Å². The number of nitrogen functional groups attached to an aromatic ring is 1. The summed E-state index contributed by atoms with van der Waals surface area (Å²) >= 11 is 3.36. The molecule has 1 unspecified atom stereocenters. The first-order chi connectivity index (χ1) is 8.43. The van der Waals surface area contributed by atoms with Gasteiger partial charge < -0.3 is 15.8 Å². The Labute approximate surface area is 116 Å². The SMILES string of the molecule is COC(C)CCC(=O)Nc1c(C)cc(Br)cc1N. The molecule has 1 aromatic carbocycles. The molecule has 0 radical (unpaired) electrons. The molecule has 1 atom stereocenters. The molecule has 0 saturated heterocycles. The highest BCUT2D eigenvalue weighted by atomic mass is 79.9. The molecular formula is C13H19BrN2O2. The van der Waals surface area contributed by atoms with Gasteiger partial charge >= 0.3 is 0 Å². The van der Waals surface area contributed by atoms with Gasteiger partial charge in [0.05, 0.1) is 17.5 Å². The van der Waals surface area contributed by atoms with Crippen LogP contribution in [0.4, 0.5) is 11.4 Å². The third kappa shape index (κ3) is 4.31. The molecule has 0 aliphatic rings. The van der Waals surface area contributed by atoms with Gasteiger partial charge in [0.15, 0.2) is 0 Å². The van der Waals surface area contributed by atoms with E-state index in [9.17, 15) is 4.79 Å². The fourth-order valence-corrected chi connectivity index (χ4v) is 2.18. The van der Waals surface area contributed by atoms with Crippen molar-refractivity contribution in [2.45, 2.75) is 32.8 Å². The van der Waals surface area contributed by atoms with Crippen LogP contribution in [0.15, 0.2) is 16.6 Å². The van der Waals surface area contributed by atoms with Gasteiger partial charge in [-0.15, -0.1) is 0 Å². The molecule has 0 heterocycles. The van der Waals surface area contributed by atoms with Crippen LogP contribution in [0.1, 0.15) is 25.3 Å². The molecule has 1 rings (SSSR count). The van der Waals surface area contributed by atoms with Crippen molar-refractivity contribution in [3.63, 3.8) is 0 Å². The number of aryl methyl sites for hydroxylation is 1. The molecule has 3 N–H and O–H groups in total. The molecule has 5 heteroatoms. The summed E-state index contributed by atoms with van der Waals surface area (Å²) in [5, 5.41) is 2.84. The zero-order valence-corrected chi connectivity index (χ0v) is 12.5. The average molecular weight is 315 g/mol. The first-order valence-electron chi connectivity index (χ1n) is 5.82. The summed E-state index contributed by atoms with van der Waals surface area (Å²) < 4.78 is 6.01. The van der Waals surface area contributed by atoms with Gasteiger partial charge in [-0.1, -0.05) is 15.9 Å². The van der Waals surface area contributed by atoms with Crippen LogP contribution in [0.2, 0.25) is 0 Å². The third-order valence-corrected chi connectivity index (χ3v) is 3.23. The molecule has 0 aliphatic carbocycles. The largest absolute Gasteiger partial charge is 0.397 e. The molecular weight excluding hydrogens is 296 g/mol. The summed E-state index contributed by atoms with van der Waals surface area (Å²) in [6.07, 6.45) is 1.20. The minimum atomic E-state index is -0.0453. The number of carbonyl (C=O) groups excluding carboxylic acids is 1. The van der Waals surface area contributed by atoms with Crippen molar-refractivity contribution in [3.05, 3.63) is 22.2 Å². The Kier molecular flexibility index (Phi) is 5.62. The number of halogens is 1. The second-order valence-corrected chi connectivity index (χ2v) is 5.24. The highest BCUT2D eigenvalue weighted by Gasteiger charge is 2.10. The maximum absolute atomic E-state index is 11.8. The summed E-state index contributed by atoms with van der Waals surface area (Å²) in [6, 6.07) is 3.70. The van der Waals surface area contributed by atoms with Crippen molar-refractivity contribution in [2.24, 2.45) is 0 Å². The average Bonchev–Trinajstić information content (AvgIpc) is 2.30. The van der Waals surface area contributed by atoms with Crippen LogP contribution in [-0.4, -0.2) is 19.1 Å². The van der Waals surface area contributed by atoms with Crippen LogP contribution in [0.3, 0.4) is 0 Å². The Morgan fingerprint density at radius 2 is 2.22 bits per heavy atom. The van der Waals surface area contributed by atoms with Gasteiger partial charge in [0.2, 0.25) is 5.91 Å². The molecule has 18 heavy (non-hydrogen) atoms. The molecule has 0 saturated carbocycles. The minimum Gasteiger partial charge on any atom is -0.397 e. The van der Waals surface area contributed by atoms with Crippen LogP contribution in [0.5, 0.6) is 0 Å². The number of ether oxygens (including phenoxy) is 1. The first-order valence-corrected chi connectivity index (χ1v) is 6.61. The Balaban J connectivity index is 2.65. The van der Waals surface area contributed by atoms with Gasteiger partial charge in [-0.2, -0.15) is 0 Å². The van der Waals surface area contributed by atoms with E-state index < -0.39 is 0 Å². The second-order valence-electron chi connectivity index (χ2n) is 4.32. The van der Waals surface area contributed by atoms with Crippen LogP contribution in [-0.2, 0) is 9.53 Å². The van der Waals surface area contributed by atoms with E-state index in [-0.39, 0.29) is 12.0 Å². The fourth-order valence-electron chi connectivity index (χ4n) is 1.59. The molecule has 4 nitrogen and oxygen atoms in total. The lowest BCUT2D eigenvalue weighted by atomic mass is 10.1. The predicted molar refractivity (Wildman–Crippen MR) is 77.6 cm³/mol. The second kappa shape index (κ2) is 6.75. The molecule has 1 amide bonds. The van der Waals surface area contributed by atoms with Gasteiger partial charge in [-0.05, 0) is 38.0 Å². The van der Waals surface area contributed by atoms with Crippen molar-refractivity contribution in [3.8, 4) is 0 Å². The number of hydrogen-bond acceptors (Lipinski definition) is 3. The standard InChI is InChI=1S/C13H19BrN2O2/c1-8-6-10(14)7-11(15)13(8)16-12(17)5-4-9(2)18-3/h6-7,9H,4-5,15H2,1-3H3,(H,16,17). The number of benzene rings is 1. The normalized spacial score (nSPS) is 12.2. The Bertz CT molecular complexity index is 412. The number of carbonyl (C=O) groups is 1. The van der Waals surface area contributed by atoms with Gasteiger partial charge in [-0.25, -0.2) is 0 Å². The summed E-state index contributed by atoms with van der Waals surface area (Å²) in [6.45, 7) is 3.85. The monoisotopic (exact) mass is 314 g/mol. The van der Waals surface area contributed by atoms with E-state index in [1.54, 1.807) is 13.2 Å². The van der Waals surface area contributed by atoms with Crippen molar-refractivity contribution in [1.82, 2.24) is 0 Å². The summed E-state index contributed by atoms with van der Waals surface area (Å²) in [5.41, 5.74) is 8.08. The van der Waals surface area contributed by atoms with Crippen molar-refractivity contribution in [1.29, 1.82) is 0 Å². The fraction of sp³-hybridized carbons (Fsp3) is 0.462. The summed E-state index contributed by atoms with van der Waals surface area (Å²) in [5.74, 6) is -0.0453. The number of rotatable bonds is 5. The maximum Gasteiger partial charge on any atom is 0.224 e. The molecule has 0 bridgehead atoms. The Morgan fingerprint density at radius 3 is 2.78 bits per heavy atom. The lowest BCUT2D eigenvalue weighted by molar-refractivity contribution is -0.116. The predicted octanol–water partition coefficient (Wildman–Crippen LogP) is 3.09. The minimum absolute atomic E-state index is 0.0453. The highest BCUT2D eigenvalue weighted by Crippen LogP contribution is 2.27. The van der Waals surface area contributed by atoms with E-state index in [0.29, 0.717) is 24.2 Å². The van der Waals surface area contributed by atoms with Gasteiger partial charge in [-0.3, -0.25) is 4.79 Å². The molecule has 1 aromatic rings. The lowest BCUT2D eigenvalue weighted by Gasteiger charge is -2.13. The zero-order chi connectivity index (χ0) is 13.7. The van der Waals surface area contributed by atoms with Crippen LogP contribution < -0.4 is 11.1 Å². The van der Waals surface area contributed by atoms with E-state index in [1.165, 1.54) is 0 Å². The molecule has 0 aromatic heterocycles. The summed E-state index contributed by atoms with van der Waals surface area (Å²) in [4.78, 5) is 11.8. The van der Waals surface area contributed by atoms with E-state index in [0.717, 1.165) is 10.0 Å². The Hall–Kier alpha value is -1.07. The van der Waals surface area contributed by atoms with Crippen molar-refractivity contribution >= 4 is 33.2 Å². The van der Waals surface area contributed by atoms with Crippen molar-refractivity contribution in [2.75, 3.05) is 18.2 Å². The Morgan fingerprint density at radius 1 is 1.56 bits per heavy atom. The van der Waals surface area contributed by atoms with E-state index in [1.807, 2.05) is 19.9 Å². The smallest absolute Gasteiger partial charge is 0.224 e. The molecule has 100 valence electrons. The van der Waals surface area contributed by atoms with Crippen LogP contribution in [0.25, 0.3) is 0 Å².